The average Bonchev–Trinajstić information content (AvgIpc) is 2.20. The van der Waals surface area contributed by atoms with Crippen LogP contribution in [0.25, 0.3) is 0 Å². The van der Waals surface area contributed by atoms with Gasteiger partial charge in [-0.25, -0.2) is 0 Å². The maximum atomic E-state index is 9.53. The molecule has 2 atom stereocenters. The highest BCUT2D eigenvalue weighted by atomic mass is 79.9. The van der Waals surface area contributed by atoms with E-state index in [9.17, 15) is 5.11 Å². The Balaban J connectivity index is 3.02. The van der Waals surface area contributed by atoms with Crippen molar-refractivity contribution in [3.05, 3.63) is 28.2 Å². The lowest BCUT2D eigenvalue weighted by Crippen LogP contribution is -2.10. The van der Waals surface area contributed by atoms with Crippen LogP contribution in [0, 0.1) is 11.3 Å². The molecule has 1 unspecified atom stereocenters. The number of nitriles is 1. The Morgan fingerprint density at radius 3 is 2.67 bits per heavy atom. The summed E-state index contributed by atoms with van der Waals surface area (Å²) in [6.45, 7) is 3.32. The first-order valence-electron chi connectivity index (χ1n) is 4.58. The molecule has 3 nitrogen and oxygen atoms in total. The highest BCUT2D eigenvalue weighted by Crippen LogP contribution is 2.29. The molecule has 0 fully saturated rings. The van der Waals surface area contributed by atoms with E-state index in [1.807, 2.05) is 12.1 Å². The molecule has 0 bridgehead atoms. The van der Waals surface area contributed by atoms with E-state index in [-0.39, 0.29) is 0 Å². The molecule has 1 aromatic rings. The van der Waals surface area contributed by atoms with Crippen LogP contribution in [0.1, 0.15) is 25.5 Å². The molecule has 0 aliphatic heterocycles. The molecule has 0 saturated heterocycles. The summed E-state index contributed by atoms with van der Waals surface area (Å²) >= 11 is 3.32. The van der Waals surface area contributed by atoms with Crippen molar-refractivity contribution in [2.45, 2.75) is 26.1 Å². The maximum Gasteiger partial charge on any atom is 0.181 e. The Kier molecular flexibility index (Phi) is 4.13. The van der Waals surface area contributed by atoms with E-state index in [2.05, 4.69) is 15.9 Å². The van der Waals surface area contributed by atoms with Crippen LogP contribution < -0.4 is 4.74 Å². The molecule has 0 aliphatic rings. The fraction of sp³-hybridized carbons (Fsp3) is 0.364. The SMILES string of the molecule is CC(C#N)Oc1ccc(Br)cc1[C@@H](C)O. The van der Waals surface area contributed by atoms with Crippen LogP contribution in [-0.4, -0.2) is 11.2 Å². The third-order valence-corrected chi connectivity index (χ3v) is 2.40. The number of rotatable bonds is 3. The van der Waals surface area contributed by atoms with Gasteiger partial charge in [-0.2, -0.15) is 5.26 Å². The Morgan fingerprint density at radius 1 is 1.47 bits per heavy atom. The molecule has 0 aromatic heterocycles. The standard InChI is InChI=1S/C11H12BrNO2/c1-7(6-13)15-11-4-3-9(12)5-10(11)8(2)14/h3-5,7-8,14H,1-2H3/t7?,8-/m1/s1. The highest BCUT2D eigenvalue weighted by Gasteiger charge is 2.12. The minimum atomic E-state index is -0.622. The van der Waals surface area contributed by atoms with Crippen LogP contribution in [0.4, 0.5) is 0 Å². The van der Waals surface area contributed by atoms with Gasteiger partial charge in [-0.3, -0.25) is 0 Å². The van der Waals surface area contributed by atoms with Gasteiger partial charge in [0.2, 0.25) is 0 Å². The van der Waals surface area contributed by atoms with Crippen molar-refractivity contribution < 1.29 is 9.84 Å². The number of ether oxygens (including phenoxy) is 1. The van der Waals surface area contributed by atoms with Gasteiger partial charge in [-0.15, -0.1) is 0 Å². The van der Waals surface area contributed by atoms with E-state index in [1.165, 1.54) is 0 Å². The number of halogens is 1. The quantitative estimate of drug-likeness (QED) is 0.918. The zero-order valence-corrected chi connectivity index (χ0v) is 10.2. The second-order valence-corrected chi connectivity index (χ2v) is 4.16. The molecule has 80 valence electrons. The smallest absolute Gasteiger partial charge is 0.181 e. The molecule has 1 N–H and O–H groups in total. The number of aliphatic hydroxyl groups is 1. The van der Waals surface area contributed by atoms with Crippen LogP contribution in [0.2, 0.25) is 0 Å². The van der Waals surface area contributed by atoms with Crippen molar-refractivity contribution in [3.8, 4) is 11.8 Å². The molecular weight excluding hydrogens is 258 g/mol. The van der Waals surface area contributed by atoms with Gasteiger partial charge < -0.3 is 9.84 Å². The predicted octanol–water partition coefficient (Wildman–Crippen LogP) is 2.79. The Hall–Kier alpha value is -1.05. The normalized spacial score (nSPS) is 14.1. The largest absolute Gasteiger partial charge is 0.475 e. The van der Waals surface area contributed by atoms with E-state index in [4.69, 9.17) is 10.00 Å². The lowest BCUT2D eigenvalue weighted by molar-refractivity contribution is 0.187. The van der Waals surface area contributed by atoms with Crippen LogP contribution in [0.5, 0.6) is 5.75 Å². The van der Waals surface area contributed by atoms with Crippen molar-refractivity contribution in [2.75, 3.05) is 0 Å². The van der Waals surface area contributed by atoms with Crippen LogP contribution in [0.3, 0.4) is 0 Å². The third kappa shape index (κ3) is 3.22. The minimum Gasteiger partial charge on any atom is -0.475 e. The topological polar surface area (TPSA) is 53.2 Å². The van der Waals surface area contributed by atoms with Crippen molar-refractivity contribution in [1.29, 1.82) is 5.26 Å². The second kappa shape index (κ2) is 5.15. The fourth-order valence-corrected chi connectivity index (χ4v) is 1.55. The molecule has 0 spiro atoms. The van der Waals surface area contributed by atoms with Gasteiger partial charge in [-0.05, 0) is 32.0 Å². The number of hydrogen-bond acceptors (Lipinski definition) is 3. The van der Waals surface area contributed by atoms with E-state index in [1.54, 1.807) is 26.0 Å². The molecule has 0 radical (unpaired) electrons. The van der Waals surface area contributed by atoms with Gasteiger partial charge in [0.05, 0.1) is 6.10 Å². The monoisotopic (exact) mass is 269 g/mol. The summed E-state index contributed by atoms with van der Waals surface area (Å²) in [6, 6.07) is 7.31. The maximum absolute atomic E-state index is 9.53. The summed E-state index contributed by atoms with van der Waals surface area (Å²) in [6.07, 6.45) is -1.15. The number of aliphatic hydroxyl groups excluding tert-OH is 1. The molecular formula is C11H12BrNO2. The summed E-state index contributed by atoms with van der Waals surface area (Å²) in [7, 11) is 0. The van der Waals surface area contributed by atoms with Gasteiger partial charge in [0.25, 0.3) is 0 Å². The molecule has 4 heteroatoms. The molecule has 1 rings (SSSR count). The average molecular weight is 270 g/mol. The van der Waals surface area contributed by atoms with E-state index < -0.39 is 12.2 Å². The number of hydrogen-bond donors (Lipinski definition) is 1. The fourth-order valence-electron chi connectivity index (χ4n) is 1.17. The van der Waals surface area contributed by atoms with Gasteiger partial charge in [-0.1, -0.05) is 15.9 Å². The summed E-state index contributed by atoms with van der Waals surface area (Å²) in [5, 5.41) is 18.2. The van der Waals surface area contributed by atoms with Crippen LogP contribution in [0.15, 0.2) is 22.7 Å². The van der Waals surface area contributed by atoms with E-state index in [0.717, 1.165) is 4.47 Å². The third-order valence-electron chi connectivity index (χ3n) is 1.91. The van der Waals surface area contributed by atoms with Crippen molar-refractivity contribution in [1.82, 2.24) is 0 Å². The molecule has 0 saturated carbocycles. The number of nitrogens with zero attached hydrogens (tertiary/aromatic N) is 1. The Bertz CT molecular complexity index is 385. The molecule has 0 aliphatic carbocycles. The van der Waals surface area contributed by atoms with E-state index in [0.29, 0.717) is 11.3 Å². The first-order valence-corrected chi connectivity index (χ1v) is 5.37. The molecule has 15 heavy (non-hydrogen) atoms. The zero-order valence-electron chi connectivity index (χ0n) is 8.57. The van der Waals surface area contributed by atoms with Gasteiger partial charge in [0.15, 0.2) is 6.10 Å². The van der Waals surface area contributed by atoms with E-state index >= 15 is 0 Å². The first-order chi connectivity index (χ1) is 7.04. The van der Waals surface area contributed by atoms with Crippen molar-refractivity contribution in [2.24, 2.45) is 0 Å². The minimum absolute atomic E-state index is 0.524. The summed E-state index contributed by atoms with van der Waals surface area (Å²) in [5.41, 5.74) is 0.673. The summed E-state index contributed by atoms with van der Waals surface area (Å²) in [5.74, 6) is 0.544. The first kappa shape index (κ1) is 12.0. The second-order valence-electron chi connectivity index (χ2n) is 3.25. The summed E-state index contributed by atoms with van der Waals surface area (Å²) < 4.78 is 6.24. The van der Waals surface area contributed by atoms with Crippen molar-refractivity contribution >= 4 is 15.9 Å². The highest BCUT2D eigenvalue weighted by molar-refractivity contribution is 9.10. The van der Waals surface area contributed by atoms with Crippen LogP contribution >= 0.6 is 15.9 Å². The van der Waals surface area contributed by atoms with Gasteiger partial charge in [0.1, 0.15) is 11.8 Å². The number of benzene rings is 1. The Morgan fingerprint density at radius 2 is 2.13 bits per heavy atom. The van der Waals surface area contributed by atoms with Crippen LogP contribution in [-0.2, 0) is 0 Å². The molecule has 0 amide bonds. The summed E-state index contributed by atoms with van der Waals surface area (Å²) in [4.78, 5) is 0. The Labute approximate surface area is 97.4 Å². The zero-order chi connectivity index (χ0) is 11.4. The van der Waals surface area contributed by atoms with Gasteiger partial charge in [0, 0.05) is 10.0 Å². The van der Waals surface area contributed by atoms with Gasteiger partial charge >= 0.3 is 0 Å². The lowest BCUT2D eigenvalue weighted by atomic mass is 10.1. The predicted molar refractivity (Wildman–Crippen MR) is 60.5 cm³/mol. The molecule has 1 aromatic carbocycles. The molecule has 0 heterocycles. The lowest BCUT2D eigenvalue weighted by Gasteiger charge is -2.14. The van der Waals surface area contributed by atoms with Crippen molar-refractivity contribution in [3.63, 3.8) is 0 Å².